The second kappa shape index (κ2) is 8.79. The van der Waals surface area contributed by atoms with Gasteiger partial charge in [-0.1, -0.05) is 0 Å². The molecule has 6 rings (SSSR count). The van der Waals surface area contributed by atoms with Crippen molar-refractivity contribution in [1.29, 1.82) is 10.5 Å². The molecule has 0 aromatic carbocycles. The summed E-state index contributed by atoms with van der Waals surface area (Å²) in [6.07, 6.45) is 3.72. The minimum atomic E-state index is -2.55. The molecule has 12 heteroatoms. The summed E-state index contributed by atoms with van der Waals surface area (Å²) in [6, 6.07) is 4.15. The average Bonchev–Trinajstić information content (AvgIpc) is 3.36. The zero-order valence-corrected chi connectivity index (χ0v) is 22.0. The first-order chi connectivity index (χ1) is 17.5. The molecule has 2 aliphatic carbocycles. The van der Waals surface area contributed by atoms with E-state index in [-0.39, 0.29) is 13.1 Å². The van der Waals surface area contributed by atoms with Crippen LogP contribution in [0.15, 0.2) is 12.4 Å². The molecular weight excluding hydrogens is 603 g/mol. The molecule has 37 heavy (non-hydrogen) atoms. The monoisotopic (exact) mass is 624 g/mol. The van der Waals surface area contributed by atoms with E-state index in [0.717, 1.165) is 9.13 Å². The number of rotatable bonds is 3. The molecule has 192 valence electrons. The van der Waals surface area contributed by atoms with Crippen molar-refractivity contribution < 1.29 is 22.4 Å². The van der Waals surface area contributed by atoms with Gasteiger partial charge in [-0.2, -0.15) is 10.5 Å². The van der Waals surface area contributed by atoms with Gasteiger partial charge in [0.1, 0.15) is 23.8 Å². The zero-order chi connectivity index (χ0) is 26.9. The third-order valence-electron chi connectivity index (χ3n) is 7.96. The fourth-order valence-electron chi connectivity index (χ4n) is 5.40. The Morgan fingerprint density at radius 3 is 1.68 bits per heavy atom. The van der Waals surface area contributed by atoms with E-state index in [1.54, 1.807) is 18.0 Å². The van der Waals surface area contributed by atoms with Crippen molar-refractivity contribution in [3.63, 3.8) is 0 Å². The molecule has 0 N–H and O–H groups in total. The average molecular weight is 624 g/mol. The molecular formula is C25H21F4IN6O. The van der Waals surface area contributed by atoms with E-state index in [2.05, 4.69) is 38.6 Å². The molecule has 2 aromatic heterocycles. The van der Waals surface area contributed by atoms with Crippen molar-refractivity contribution >= 4 is 40.5 Å². The molecule has 0 radical (unpaired) electrons. The molecule has 4 aliphatic rings. The van der Waals surface area contributed by atoms with Gasteiger partial charge in [0.05, 0.1) is 34.8 Å². The van der Waals surface area contributed by atoms with E-state index in [1.165, 1.54) is 6.20 Å². The number of pyridine rings is 2. The molecule has 4 atom stereocenters. The van der Waals surface area contributed by atoms with E-state index >= 15 is 0 Å². The molecule has 0 bridgehead atoms. The topological polar surface area (TPSA) is 96.9 Å². The number of hydrogen-bond donors (Lipinski definition) is 0. The number of halogens is 5. The number of aromatic nitrogens is 2. The Morgan fingerprint density at radius 2 is 1.27 bits per heavy atom. The van der Waals surface area contributed by atoms with Gasteiger partial charge >= 0.3 is 0 Å². The van der Waals surface area contributed by atoms with Gasteiger partial charge in [0, 0.05) is 47.7 Å². The summed E-state index contributed by atoms with van der Waals surface area (Å²) in [5.74, 6) is -6.43. The van der Waals surface area contributed by atoms with Crippen LogP contribution >= 0.6 is 22.6 Å². The smallest absolute Gasteiger partial charge is 0.258 e. The van der Waals surface area contributed by atoms with Gasteiger partial charge in [0.15, 0.2) is 6.29 Å². The summed E-state index contributed by atoms with van der Waals surface area (Å²) in [5, 5.41) is 18.4. The van der Waals surface area contributed by atoms with Crippen molar-refractivity contribution in [3.05, 3.63) is 43.8 Å². The van der Waals surface area contributed by atoms with Crippen LogP contribution in [0.5, 0.6) is 0 Å². The van der Waals surface area contributed by atoms with Gasteiger partial charge in [-0.05, 0) is 47.6 Å². The minimum absolute atomic E-state index is 0.221. The molecule has 2 saturated heterocycles. The normalized spacial score (nSPS) is 27.3. The number of fused-ring (bicyclic) bond motifs is 2. The second-order valence-corrected chi connectivity index (χ2v) is 11.1. The first-order valence-electron chi connectivity index (χ1n) is 11.6. The van der Waals surface area contributed by atoms with Crippen molar-refractivity contribution in [3.8, 4) is 12.1 Å². The van der Waals surface area contributed by atoms with Crippen LogP contribution in [0.25, 0.3) is 0 Å². The van der Waals surface area contributed by atoms with E-state index in [4.69, 9.17) is 0 Å². The van der Waals surface area contributed by atoms with Crippen LogP contribution in [0.3, 0.4) is 0 Å². The fourth-order valence-corrected chi connectivity index (χ4v) is 5.81. The number of anilines is 2. The van der Waals surface area contributed by atoms with Crippen LogP contribution in [0, 0.1) is 63.8 Å². The summed E-state index contributed by atoms with van der Waals surface area (Å²) < 4.78 is 53.5. The molecule has 4 heterocycles. The number of carbonyl (C=O) groups is 1. The Kier molecular flexibility index (Phi) is 6.09. The quantitative estimate of drug-likeness (QED) is 0.285. The highest BCUT2D eigenvalue weighted by atomic mass is 127. The van der Waals surface area contributed by atoms with Crippen LogP contribution < -0.4 is 9.80 Å². The largest absolute Gasteiger partial charge is 0.354 e. The van der Waals surface area contributed by atoms with Crippen molar-refractivity contribution in [2.45, 2.75) is 25.7 Å². The SMILES string of the molecule is Cc1c(C=O)cnc(N2CC3C(C2)C3(F)F)c1C#N.Cc1c(I)cnc(N2CC3C(C2)C3(F)F)c1C#N. The van der Waals surface area contributed by atoms with E-state index in [9.17, 15) is 32.9 Å². The summed E-state index contributed by atoms with van der Waals surface area (Å²) in [4.78, 5) is 22.7. The third kappa shape index (κ3) is 4.00. The van der Waals surface area contributed by atoms with E-state index < -0.39 is 35.5 Å². The molecule has 2 saturated carbocycles. The summed E-state index contributed by atoms with van der Waals surface area (Å²) in [6.45, 7) is 4.58. The number of hydrogen-bond acceptors (Lipinski definition) is 7. The van der Waals surface area contributed by atoms with Crippen molar-refractivity contribution in [1.82, 2.24) is 9.97 Å². The summed E-state index contributed by atoms with van der Waals surface area (Å²) in [7, 11) is 0. The lowest BCUT2D eigenvalue weighted by atomic mass is 10.1. The first-order valence-corrected chi connectivity index (χ1v) is 12.7. The molecule has 2 aromatic rings. The highest BCUT2D eigenvalue weighted by Crippen LogP contribution is 2.60. The number of aldehydes is 1. The van der Waals surface area contributed by atoms with Gasteiger partial charge < -0.3 is 9.80 Å². The summed E-state index contributed by atoms with van der Waals surface area (Å²) >= 11 is 2.12. The molecule has 4 fully saturated rings. The predicted molar refractivity (Wildman–Crippen MR) is 134 cm³/mol. The third-order valence-corrected chi connectivity index (χ3v) is 9.05. The number of nitriles is 2. The van der Waals surface area contributed by atoms with E-state index in [1.807, 2.05) is 17.9 Å². The van der Waals surface area contributed by atoms with Crippen LogP contribution in [-0.2, 0) is 0 Å². The Labute approximate surface area is 224 Å². The Hall–Kier alpha value is -3.00. The number of piperidine rings is 2. The van der Waals surface area contributed by atoms with Crippen LogP contribution in [0.1, 0.15) is 32.6 Å². The van der Waals surface area contributed by atoms with Gasteiger partial charge in [0.25, 0.3) is 11.8 Å². The van der Waals surface area contributed by atoms with E-state index in [0.29, 0.717) is 53.3 Å². The van der Waals surface area contributed by atoms with Crippen molar-refractivity contribution in [2.75, 3.05) is 36.0 Å². The highest BCUT2D eigenvalue weighted by molar-refractivity contribution is 14.1. The number of alkyl halides is 4. The predicted octanol–water partition coefficient (Wildman–Crippen LogP) is 4.34. The maximum absolute atomic E-state index is 13.2. The lowest BCUT2D eigenvalue weighted by Gasteiger charge is -2.22. The van der Waals surface area contributed by atoms with Crippen LogP contribution in [-0.4, -0.2) is 54.3 Å². The maximum Gasteiger partial charge on any atom is 0.258 e. The Morgan fingerprint density at radius 1 is 0.865 bits per heavy atom. The summed E-state index contributed by atoms with van der Waals surface area (Å²) in [5.41, 5.74) is 2.58. The molecule has 0 spiro atoms. The van der Waals surface area contributed by atoms with Gasteiger partial charge in [-0.15, -0.1) is 0 Å². The number of nitrogens with zero attached hydrogens (tertiary/aromatic N) is 6. The van der Waals surface area contributed by atoms with Crippen LogP contribution in [0.4, 0.5) is 29.2 Å². The van der Waals surface area contributed by atoms with Crippen LogP contribution in [0.2, 0.25) is 0 Å². The molecule has 2 aliphatic heterocycles. The first kappa shape index (κ1) is 25.6. The zero-order valence-electron chi connectivity index (χ0n) is 19.9. The number of carbonyl (C=O) groups excluding carboxylic acids is 1. The van der Waals surface area contributed by atoms with Gasteiger partial charge in [0.2, 0.25) is 0 Å². The van der Waals surface area contributed by atoms with Gasteiger partial charge in [-0.3, -0.25) is 4.79 Å². The maximum atomic E-state index is 13.2. The lowest BCUT2D eigenvalue weighted by Crippen LogP contribution is -2.29. The Bertz CT molecular complexity index is 1360. The lowest BCUT2D eigenvalue weighted by molar-refractivity contribution is 0.0791. The molecule has 4 unspecified atom stereocenters. The van der Waals surface area contributed by atoms with Gasteiger partial charge in [-0.25, -0.2) is 27.5 Å². The standard InChI is InChI=1S/C13H11F2N3O.C12H10F2IN3/c1-7-8(6-19)3-17-12(9(7)2-16)18-4-10-11(5-18)13(10,14)15;1-6-7(2-16)11(17-3-10(6)15)18-4-8-9(5-18)12(8,13)14/h3,6,10-11H,4-5H2,1H3;3,8-9H,4-5H2,1H3. The molecule has 0 amide bonds. The highest BCUT2D eigenvalue weighted by Gasteiger charge is 2.72. The van der Waals surface area contributed by atoms with Crippen molar-refractivity contribution in [2.24, 2.45) is 23.7 Å². The second-order valence-electron chi connectivity index (χ2n) is 9.89. The minimum Gasteiger partial charge on any atom is -0.354 e. The molecule has 7 nitrogen and oxygen atoms in total. The Balaban J connectivity index is 0.000000152. The fraction of sp³-hybridized carbons (Fsp3) is 0.480.